The summed E-state index contributed by atoms with van der Waals surface area (Å²) in [5.41, 5.74) is 6.98. The van der Waals surface area contributed by atoms with Crippen LogP contribution in [-0.4, -0.2) is 40.6 Å². The van der Waals surface area contributed by atoms with E-state index >= 15 is 0 Å². The fraction of sp³-hybridized carbons (Fsp3) is 0.636. The monoisotopic (exact) mass is 223 g/mol. The van der Waals surface area contributed by atoms with E-state index in [4.69, 9.17) is 10.8 Å². The highest BCUT2D eigenvalue weighted by molar-refractivity contribution is 5.83. The van der Waals surface area contributed by atoms with Crippen molar-refractivity contribution in [2.24, 2.45) is 16.6 Å². The first-order valence-electron chi connectivity index (χ1n) is 5.47. The van der Waals surface area contributed by atoms with Gasteiger partial charge in [-0.25, -0.2) is 0 Å². The molecule has 2 rings (SSSR count). The quantitative estimate of drug-likeness (QED) is 0.665. The number of allylic oxidation sites excluding steroid dienone is 1. The van der Waals surface area contributed by atoms with E-state index in [1.54, 1.807) is 0 Å². The average Bonchev–Trinajstić information content (AvgIpc) is 2.68. The Bertz CT molecular complexity index is 371. The maximum Gasteiger partial charge on any atom is 0.308 e. The van der Waals surface area contributed by atoms with Crippen molar-refractivity contribution in [1.29, 1.82) is 0 Å². The standard InChI is InChI=1S/C11H17N3O2/c1-6(2)3-7-4-8(10(15)16)9-5-13-11(12)14(7)9/h3,7-9H,4-5H2,1-2H3,(H2,12,13)(H,15,16)/t7?,8-,9?/m1/s1. The van der Waals surface area contributed by atoms with Gasteiger partial charge in [-0.2, -0.15) is 0 Å². The van der Waals surface area contributed by atoms with Crippen LogP contribution in [-0.2, 0) is 4.79 Å². The molecule has 2 aliphatic rings. The van der Waals surface area contributed by atoms with Gasteiger partial charge in [0.1, 0.15) is 0 Å². The van der Waals surface area contributed by atoms with Crippen molar-refractivity contribution in [2.45, 2.75) is 32.4 Å². The van der Waals surface area contributed by atoms with Crippen molar-refractivity contribution in [2.75, 3.05) is 6.54 Å². The lowest BCUT2D eigenvalue weighted by atomic mass is 9.99. The number of nitrogens with zero attached hydrogens (tertiary/aromatic N) is 2. The number of guanidine groups is 1. The SMILES string of the molecule is CC(C)=CC1C[C@@H](C(=O)O)C2CN=C(N)N12. The van der Waals surface area contributed by atoms with E-state index in [2.05, 4.69) is 11.1 Å². The van der Waals surface area contributed by atoms with Crippen LogP contribution < -0.4 is 5.73 Å². The van der Waals surface area contributed by atoms with Gasteiger partial charge in [0.2, 0.25) is 0 Å². The third-order valence-electron chi connectivity index (χ3n) is 3.22. The van der Waals surface area contributed by atoms with Crippen LogP contribution in [0.2, 0.25) is 0 Å². The summed E-state index contributed by atoms with van der Waals surface area (Å²) in [5, 5.41) is 9.16. The predicted octanol–water partition coefficient (Wildman–Crippen LogP) is 0.425. The molecule has 0 aliphatic carbocycles. The van der Waals surface area contributed by atoms with Crippen LogP contribution >= 0.6 is 0 Å². The molecule has 1 fully saturated rings. The second kappa shape index (κ2) is 3.81. The Morgan fingerprint density at radius 1 is 1.62 bits per heavy atom. The topological polar surface area (TPSA) is 78.9 Å². The molecule has 0 radical (unpaired) electrons. The fourth-order valence-corrected chi connectivity index (χ4v) is 2.59. The first-order chi connectivity index (χ1) is 7.50. The Morgan fingerprint density at radius 3 is 2.88 bits per heavy atom. The van der Waals surface area contributed by atoms with E-state index in [0.29, 0.717) is 18.9 Å². The van der Waals surface area contributed by atoms with Gasteiger partial charge >= 0.3 is 5.97 Å². The van der Waals surface area contributed by atoms with Crippen molar-refractivity contribution in [3.8, 4) is 0 Å². The molecule has 1 saturated heterocycles. The van der Waals surface area contributed by atoms with Crippen LogP contribution in [0.5, 0.6) is 0 Å². The molecule has 2 aliphatic heterocycles. The molecule has 16 heavy (non-hydrogen) atoms. The number of nitrogens with two attached hydrogens (primary N) is 1. The van der Waals surface area contributed by atoms with Gasteiger partial charge in [0.25, 0.3) is 0 Å². The molecule has 0 bridgehead atoms. The van der Waals surface area contributed by atoms with E-state index in [1.807, 2.05) is 18.7 Å². The van der Waals surface area contributed by atoms with Gasteiger partial charge in [-0.3, -0.25) is 9.79 Å². The van der Waals surface area contributed by atoms with Crippen molar-refractivity contribution in [3.63, 3.8) is 0 Å². The van der Waals surface area contributed by atoms with E-state index in [0.717, 1.165) is 0 Å². The van der Waals surface area contributed by atoms with Crippen molar-refractivity contribution in [3.05, 3.63) is 11.6 Å². The molecule has 3 atom stereocenters. The molecule has 88 valence electrons. The minimum absolute atomic E-state index is 0.0573. The molecule has 5 nitrogen and oxygen atoms in total. The highest BCUT2D eigenvalue weighted by atomic mass is 16.4. The molecular formula is C11H17N3O2. The second-order valence-corrected chi connectivity index (χ2v) is 4.67. The number of carbonyl (C=O) groups is 1. The molecule has 2 heterocycles. The summed E-state index contributed by atoms with van der Waals surface area (Å²) in [6.45, 7) is 4.52. The molecule has 0 spiro atoms. The van der Waals surface area contributed by atoms with Gasteiger partial charge in [0.15, 0.2) is 5.96 Å². The minimum Gasteiger partial charge on any atom is -0.481 e. The molecule has 5 heteroatoms. The van der Waals surface area contributed by atoms with Crippen LogP contribution in [0.25, 0.3) is 0 Å². The highest BCUT2D eigenvalue weighted by Crippen LogP contribution is 2.34. The maximum absolute atomic E-state index is 11.1. The largest absolute Gasteiger partial charge is 0.481 e. The number of aliphatic carboxylic acids is 1. The van der Waals surface area contributed by atoms with E-state index in [-0.39, 0.29) is 18.0 Å². The summed E-state index contributed by atoms with van der Waals surface area (Å²) in [5.74, 6) is -0.619. The Balaban J connectivity index is 2.26. The molecule has 0 aromatic heterocycles. The van der Waals surface area contributed by atoms with Crippen LogP contribution in [0.3, 0.4) is 0 Å². The first-order valence-corrected chi connectivity index (χ1v) is 5.47. The zero-order valence-electron chi connectivity index (χ0n) is 9.55. The number of carboxylic acids is 1. The summed E-state index contributed by atoms with van der Waals surface area (Å²) >= 11 is 0. The maximum atomic E-state index is 11.1. The Kier molecular flexibility index (Phi) is 2.61. The average molecular weight is 223 g/mol. The van der Waals surface area contributed by atoms with Crippen LogP contribution in [0.15, 0.2) is 16.6 Å². The third-order valence-corrected chi connectivity index (χ3v) is 3.22. The predicted molar refractivity (Wildman–Crippen MR) is 61.1 cm³/mol. The Labute approximate surface area is 94.6 Å². The summed E-state index contributed by atoms with van der Waals surface area (Å²) in [4.78, 5) is 17.2. The highest BCUT2D eigenvalue weighted by Gasteiger charge is 2.47. The summed E-state index contributed by atoms with van der Waals surface area (Å²) in [6.07, 6.45) is 2.70. The summed E-state index contributed by atoms with van der Waals surface area (Å²) in [7, 11) is 0. The minimum atomic E-state index is -0.746. The van der Waals surface area contributed by atoms with Crippen molar-refractivity contribution in [1.82, 2.24) is 4.90 Å². The van der Waals surface area contributed by atoms with Gasteiger partial charge in [-0.1, -0.05) is 11.6 Å². The molecule has 0 aromatic carbocycles. The number of hydrogen-bond donors (Lipinski definition) is 2. The van der Waals surface area contributed by atoms with Gasteiger partial charge in [0.05, 0.1) is 24.5 Å². The normalized spacial score (nSPS) is 32.2. The van der Waals surface area contributed by atoms with Gasteiger partial charge in [-0.15, -0.1) is 0 Å². The molecular weight excluding hydrogens is 206 g/mol. The molecule has 0 amide bonds. The summed E-state index contributed by atoms with van der Waals surface area (Å²) < 4.78 is 0. The Hall–Kier alpha value is -1.52. The van der Waals surface area contributed by atoms with Crippen LogP contribution in [0.1, 0.15) is 20.3 Å². The van der Waals surface area contributed by atoms with Crippen molar-refractivity contribution < 1.29 is 9.90 Å². The van der Waals surface area contributed by atoms with Crippen LogP contribution in [0, 0.1) is 5.92 Å². The van der Waals surface area contributed by atoms with E-state index in [1.165, 1.54) is 5.57 Å². The zero-order valence-corrected chi connectivity index (χ0v) is 9.55. The molecule has 0 aromatic rings. The van der Waals surface area contributed by atoms with Gasteiger partial charge in [0, 0.05) is 0 Å². The molecule has 3 N–H and O–H groups in total. The first kappa shape index (κ1) is 11.0. The Morgan fingerprint density at radius 2 is 2.31 bits per heavy atom. The lowest BCUT2D eigenvalue weighted by Crippen LogP contribution is -2.42. The van der Waals surface area contributed by atoms with Gasteiger partial charge in [-0.05, 0) is 20.3 Å². The lowest BCUT2D eigenvalue weighted by molar-refractivity contribution is -0.142. The lowest BCUT2D eigenvalue weighted by Gasteiger charge is -2.24. The third kappa shape index (κ3) is 1.66. The van der Waals surface area contributed by atoms with E-state index in [9.17, 15) is 4.79 Å². The molecule has 2 unspecified atom stereocenters. The van der Waals surface area contributed by atoms with Gasteiger partial charge < -0.3 is 15.7 Å². The van der Waals surface area contributed by atoms with Crippen molar-refractivity contribution >= 4 is 11.9 Å². The number of fused-ring (bicyclic) bond motifs is 1. The zero-order chi connectivity index (χ0) is 11.9. The number of rotatable bonds is 2. The fourth-order valence-electron chi connectivity index (χ4n) is 2.59. The molecule has 0 saturated carbocycles. The smallest absolute Gasteiger partial charge is 0.308 e. The second-order valence-electron chi connectivity index (χ2n) is 4.67. The van der Waals surface area contributed by atoms with Crippen LogP contribution in [0.4, 0.5) is 0 Å². The number of carboxylic acid groups (broad SMARTS) is 1. The number of aliphatic imine (C=N–C) groups is 1. The summed E-state index contributed by atoms with van der Waals surface area (Å²) in [6, 6.07) is 0.0282. The van der Waals surface area contributed by atoms with E-state index < -0.39 is 5.97 Å². The number of hydrogen-bond acceptors (Lipinski definition) is 4.